The Hall–Kier alpha value is -2.18. The summed E-state index contributed by atoms with van der Waals surface area (Å²) in [6.45, 7) is 0.226. The smallest absolute Gasteiger partial charge is 0.488 e. The van der Waals surface area contributed by atoms with Crippen LogP contribution < -0.4 is 19.7 Å². The fraction of sp³-hybridized carbons (Fsp3) is 0.200. The minimum atomic E-state index is -1.53. The first-order chi connectivity index (χ1) is 10.2. The maximum atomic E-state index is 9.23. The van der Waals surface area contributed by atoms with Gasteiger partial charge in [-0.2, -0.15) is 0 Å². The third-order valence-corrected chi connectivity index (χ3v) is 3.05. The topological polar surface area (TPSA) is 68.2 Å². The molecule has 0 saturated heterocycles. The molecule has 0 radical (unpaired) electrons. The van der Waals surface area contributed by atoms with Gasteiger partial charge in [0.1, 0.15) is 12.4 Å². The minimum Gasteiger partial charge on any atom is -0.496 e. The van der Waals surface area contributed by atoms with E-state index >= 15 is 0 Å². The van der Waals surface area contributed by atoms with Crippen LogP contribution in [0.25, 0.3) is 0 Å². The largest absolute Gasteiger partial charge is 0.496 e. The van der Waals surface area contributed by atoms with E-state index in [1.165, 1.54) is 0 Å². The second kappa shape index (κ2) is 7.01. The third-order valence-electron chi connectivity index (χ3n) is 3.05. The lowest BCUT2D eigenvalue weighted by atomic mass is 9.79. The van der Waals surface area contributed by atoms with Crippen LogP contribution in [0.4, 0.5) is 0 Å². The molecular formula is C15H17BO5. The average Bonchev–Trinajstić information content (AvgIpc) is 2.52. The molecule has 2 rings (SSSR count). The molecule has 0 fully saturated rings. The van der Waals surface area contributed by atoms with E-state index in [9.17, 15) is 10.0 Å². The number of benzene rings is 2. The van der Waals surface area contributed by atoms with Gasteiger partial charge in [0, 0.05) is 5.56 Å². The molecule has 0 saturated carbocycles. The van der Waals surface area contributed by atoms with Gasteiger partial charge in [-0.3, -0.25) is 0 Å². The van der Waals surface area contributed by atoms with Gasteiger partial charge in [0.15, 0.2) is 11.5 Å². The van der Waals surface area contributed by atoms with Crippen molar-refractivity contribution >= 4 is 12.6 Å². The predicted octanol–water partition coefficient (Wildman–Crippen LogP) is 0.963. The van der Waals surface area contributed by atoms with E-state index in [1.54, 1.807) is 44.6 Å². The van der Waals surface area contributed by atoms with Crippen LogP contribution in [-0.2, 0) is 6.61 Å². The summed E-state index contributed by atoms with van der Waals surface area (Å²) in [6, 6.07) is 12.2. The van der Waals surface area contributed by atoms with Crippen LogP contribution in [0.5, 0.6) is 17.2 Å². The van der Waals surface area contributed by atoms with E-state index in [4.69, 9.17) is 14.2 Å². The van der Waals surface area contributed by atoms with Crippen molar-refractivity contribution in [2.45, 2.75) is 6.61 Å². The number of ether oxygens (including phenoxy) is 3. The van der Waals surface area contributed by atoms with Gasteiger partial charge < -0.3 is 24.3 Å². The summed E-state index contributed by atoms with van der Waals surface area (Å²) in [5.41, 5.74) is 1.10. The standard InChI is InChI=1S/C15H17BO5/c1-19-13-8-7-12(16(17)18)9-11(13)10-21-15-6-4-3-5-14(15)20-2/h3-9,17-18H,10H2,1-2H3. The lowest BCUT2D eigenvalue weighted by Gasteiger charge is -2.13. The van der Waals surface area contributed by atoms with Crippen LogP contribution >= 0.6 is 0 Å². The quantitative estimate of drug-likeness (QED) is 0.775. The maximum absolute atomic E-state index is 9.23. The molecule has 5 nitrogen and oxygen atoms in total. The number of rotatable bonds is 6. The Balaban J connectivity index is 2.20. The zero-order valence-electron chi connectivity index (χ0n) is 11.9. The van der Waals surface area contributed by atoms with Gasteiger partial charge in [-0.1, -0.05) is 24.3 Å². The fourth-order valence-electron chi connectivity index (χ4n) is 1.97. The maximum Gasteiger partial charge on any atom is 0.488 e. The Labute approximate surface area is 123 Å². The molecule has 0 bridgehead atoms. The molecule has 0 aliphatic carbocycles. The average molecular weight is 288 g/mol. The highest BCUT2D eigenvalue weighted by atomic mass is 16.5. The monoisotopic (exact) mass is 288 g/mol. The van der Waals surface area contributed by atoms with Gasteiger partial charge in [0.05, 0.1) is 14.2 Å². The van der Waals surface area contributed by atoms with Crippen molar-refractivity contribution in [1.82, 2.24) is 0 Å². The summed E-state index contributed by atoms with van der Waals surface area (Å²) in [6.07, 6.45) is 0. The first-order valence-corrected chi connectivity index (χ1v) is 6.44. The molecule has 0 heterocycles. The molecule has 0 unspecified atom stereocenters. The van der Waals surface area contributed by atoms with Crippen LogP contribution in [0.3, 0.4) is 0 Å². The molecular weight excluding hydrogens is 271 g/mol. The van der Waals surface area contributed by atoms with Gasteiger partial charge in [0.2, 0.25) is 0 Å². The summed E-state index contributed by atoms with van der Waals surface area (Å²) in [5.74, 6) is 1.86. The van der Waals surface area contributed by atoms with E-state index in [0.29, 0.717) is 28.3 Å². The van der Waals surface area contributed by atoms with Crippen molar-refractivity contribution < 1.29 is 24.3 Å². The highest BCUT2D eigenvalue weighted by molar-refractivity contribution is 6.58. The second-order valence-electron chi connectivity index (χ2n) is 4.38. The molecule has 2 aromatic carbocycles. The summed E-state index contributed by atoms with van der Waals surface area (Å²) >= 11 is 0. The zero-order valence-corrected chi connectivity index (χ0v) is 11.9. The van der Waals surface area contributed by atoms with Crippen LogP contribution in [0, 0.1) is 0 Å². The van der Waals surface area contributed by atoms with Crippen LogP contribution in [0.15, 0.2) is 42.5 Å². The molecule has 0 aromatic heterocycles. The zero-order chi connectivity index (χ0) is 15.2. The molecule has 0 amide bonds. The molecule has 0 aliphatic heterocycles. The summed E-state index contributed by atoms with van der Waals surface area (Å²) in [4.78, 5) is 0. The number of hydrogen-bond acceptors (Lipinski definition) is 5. The Morgan fingerprint density at radius 2 is 1.57 bits per heavy atom. The van der Waals surface area contributed by atoms with Crippen molar-refractivity contribution in [3.63, 3.8) is 0 Å². The Morgan fingerprint density at radius 1 is 0.905 bits per heavy atom. The predicted molar refractivity (Wildman–Crippen MR) is 80.1 cm³/mol. The van der Waals surface area contributed by atoms with Gasteiger partial charge in [-0.15, -0.1) is 0 Å². The third kappa shape index (κ3) is 3.68. The van der Waals surface area contributed by atoms with Crippen LogP contribution in [0.1, 0.15) is 5.56 Å². The van der Waals surface area contributed by atoms with E-state index in [2.05, 4.69) is 0 Å². The highest BCUT2D eigenvalue weighted by Gasteiger charge is 2.14. The van der Waals surface area contributed by atoms with Crippen molar-refractivity contribution in [1.29, 1.82) is 0 Å². The summed E-state index contributed by atoms with van der Waals surface area (Å²) in [5, 5.41) is 18.5. The minimum absolute atomic E-state index is 0.226. The molecule has 0 aliphatic rings. The highest BCUT2D eigenvalue weighted by Crippen LogP contribution is 2.27. The number of methoxy groups -OCH3 is 2. The van der Waals surface area contributed by atoms with Crippen LogP contribution in [0.2, 0.25) is 0 Å². The molecule has 2 aromatic rings. The SMILES string of the molecule is COc1ccc(B(O)O)cc1COc1ccccc1OC. The van der Waals surface area contributed by atoms with Gasteiger partial charge in [0.25, 0.3) is 0 Å². The summed E-state index contributed by atoms with van der Waals surface area (Å²) in [7, 11) is 1.60. The van der Waals surface area contributed by atoms with Crippen molar-refractivity contribution in [3.05, 3.63) is 48.0 Å². The normalized spacial score (nSPS) is 10.1. The Bertz CT molecular complexity index is 600. The van der Waals surface area contributed by atoms with E-state index in [0.717, 1.165) is 0 Å². The lowest BCUT2D eigenvalue weighted by molar-refractivity contribution is 0.278. The van der Waals surface area contributed by atoms with E-state index in [1.807, 2.05) is 12.1 Å². The summed E-state index contributed by atoms with van der Waals surface area (Å²) < 4.78 is 16.2. The fourth-order valence-corrected chi connectivity index (χ4v) is 1.97. The molecule has 21 heavy (non-hydrogen) atoms. The van der Waals surface area contributed by atoms with Crippen molar-refractivity contribution in [2.75, 3.05) is 14.2 Å². The van der Waals surface area contributed by atoms with Gasteiger partial charge >= 0.3 is 7.12 Å². The molecule has 6 heteroatoms. The molecule has 110 valence electrons. The van der Waals surface area contributed by atoms with Crippen LogP contribution in [-0.4, -0.2) is 31.4 Å². The van der Waals surface area contributed by atoms with Gasteiger partial charge in [-0.25, -0.2) is 0 Å². The molecule has 0 spiro atoms. The van der Waals surface area contributed by atoms with Crippen molar-refractivity contribution in [2.24, 2.45) is 0 Å². The lowest BCUT2D eigenvalue weighted by Crippen LogP contribution is -2.30. The van der Waals surface area contributed by atoms with Crippen molar-refractivity contribution in [3.8, 4) is 17.2 Å². The molecule has 2 N–H and O–H groups in total. The molecule has 0 atom stereocenters. The van der Waals surface area contributed by atoms with Gasteiger partial charge in [-0.05, 0) is 23.7 Å². The Morgan fingerprint density at radius 3 is 2.19 bits per heavy atom. The number of hydrogen-bond donors (Lipinski definition) is 2. The van der Waals surface area contributed by atoms with E-state index in [-0.39, 0.29) is 6.61 Å². The Kier molecular flexibility index (Phi) is 5.08. The number of para-hydroxylation sites is 2. The second-order valence-corrected chi connectivity index (χ2v) is 4.38. The first-order valence-electron chi connectivity index (χ1n) is 6.44. The first kappa shape index (κ1) is 15.2. The van der Waals surface area contributed by atoms with E-state index < -0.39 is 7.12 Å².